The maximum absolute atomic E-state index is 9.11. The SMILES string of the molecule is Cc1ccc(O)cc1.Oc1ccc(-c2ccc(O)cc2)cc1. The molecule has 0 fully saturated rings. The molecule has 0 radical (unpaired) electrons. The van der Waals surface area contributed by atoms with E-state index < -0.39 is 0 Å². The number of phenolic OH excluding ortho intramolecular Hbond substituents is 3. The summed E-state index contributed by atoms with van der Waals surface area (Å²) >= 11 is 0. The van der Waals surface area contributed by atoms with Crippen LogP contribution in [-0.2, 0) is 0 Å². The summed E-state index contributed by atoms with van der Waals surface area (Å²) in [5, 5.41) is 27.0. The monoisotopic (exact) mass is 294 g/mol. The van der Waals surface area contributed by atoms with Crippen molar-refractivity contribution < 1.29 is 15.3 Å². The molecule has 3 nitrogen and oxygen atoms in total. The Morgan fingerprint density at radius 1 is 0.455 bits per heavy atom. The highest BCUT2D eigenvalue weighted by molar-refractivity contribution is 5.64. The van der Waals surface area contributed by atoms with Crippen LogP contribution in [0.5, 0.6) is 17.2 Å². The Bertz CT molecular complexity index is 635. The van der Waals surface area contributed by atoms with Crippen molar-refractivity contribution >= 4 is 0 Å². The molecule has 0 amide bonds. The molecular formula is C19H18O3. The normalized spacial score (nSPS) is 9.68. The van der Waals surface area contributed by atoms with Crippen molar-refractivity contribution in [1.82, 2.24) is 0 Å². The lowest BCUT2D eigenvalue weighted by Gasteiger charge is -2.01. The van der Waals surface area contributed by atoms with Gasteiger partial charge in [0.05, 0.1) is 0 Å². The minimum Gasteiger partial charge on any atom is -0.508 e. The molecule has 0 aliphatic heterocycles. The van der Waals surface area contributed by atoms with Gasteiger partial charge in [-0.05, 0) is 54.4 Å². The van der Waals surface area contributed by atoms with Gasteiger partial charge in [0, 0.05) is 0 Å². The Morgan fingerprint density at radius 2 is 0.727 bits per heavy atom. The van der Waals surface area contributed by atoms with Gasteiger partial charge < -0.3 is 15.3 Å². The number of rotatable bonds is 1. The first-order chi connectivity index (χ1) is 10.5. The fourth-order valence-electron chi connectivity index (χ4n) is 1.85. The highest BCUT2D eigenvalue weighted by Gasteiger charge is 1.97. The molecule has 3 aromatic carbocycles. The van der Waals surface area contributed by atoms with Gasteiger partial charge in [0.1, 0.15) is 17.2 Å². The third kappa shape index (κ3) is 4.56. The molecule has 0 saturated carbocycles. The summed E-state index contributed by atoms with van der Waals surface area (Å²) in [6.07, 6.45) is 0. The lowest BCUT2D eigenvalue weighted by atomic mass is 10.1. The summed E-state index contributed by atoms with van der Waals surface area (Å²) in [4.78, 5) is 0. The van der Waals surface area contributed by atoms with E-state index in [0.29, 0.717) is 5.75 Å². The van der Waals surface area contributed by atoms with Crippen LogP contribution in [0.1, 0.15) is 5.56 Å². The zero-order chi connectivity index (χ0) is 15.9. The minimum atomic E-state index is 0.257. The van der Waals surface area contributed by atoms with Crippen LogP contribution in [0.25, 0.3) is 11.1 Å². The molecule has 0 spiro atoms. The summed E-state index contributed by atoms with van der Waals surface area (Å²) in [7, 11) is 0. The summed E-state index contributed by atoms with van der Waals surface area (Å²) in [5.41, 5.74) is 3.20. The molecular weight excluding hydrogens is 276 g/mol. The summed E-state index contributed by atoms with van der Waals surface area (Å²) in [5.74, 6) is 0.843. The Morgan fingerprint density at radius 3 is 1.00 bits per heavy atom. The average molecular weight is 294 g/mol. The molecule has 0 unspecified atom stereocenters. The Balaban J connectivity index is 0.000000188. The van der Waals surface area contributed by atoms with Crippen molar-refractivity contribution in [2.24, 2.45) is 0 Å². The summed E-state index contributed by atoms with van der Waals surface area (Å²) < 4.78 is 0. The highest BCUT2D eigenvalue weighted by Crippen LogP contribution is 2.23. The van der Waals surface area contributed by atoms with E-state index in [1.165, 1.54) is 5.56 Å². The molecule has 3 rings (SSSR count). The fraction of sp³-hybridized carbons (Fsp3) is 0.0526. The van der Waals surface area contributed by atoms with E-state index in [1.54, 1.807) is 36.4 Å². The molecule has 0 atom stereocenters. The standard InChI is InChI=1S/C12H10O2.C7H8O/c13-11-5-1-9(2-6-11)10-3-7-12(14)8-4-10;1-6-2-4-7(8)5-3-6/h1-8,13-14H;2-5,8H,1H3. The van der Waals surface area contributed by atoms with E-state index in [2.05, 4.69) is 0 Å². The van der Waals surface area contributed by atoms with E-state index >= 15 is 0 Å². The average Bonchev–Trinajstić information content (AvgIpc) is 2.53. The van der Waals surface area contributed by atoms with Crippen LogP contribution in [0.2, 0.25) is 0 Å². The summed E-state index contributed by atoms with van der Waals surface area (Å²) in [6, 6.07) is 21.0. The first-order valence-corrected chi connectivity index (χ1v) is 6.88. The van der Waals surface area contributed by atoms with E-state index in [4.69, 9.17) is 15.3 Å². The smallest absolute Gasteiger partial charge is 0.115 e. The van der Waals surface area contributed by atoms with Gasteiger partial charge in [-0.25, -0.2) is 0 Å². The summed E-state index contributed by atoms with van der Waals surface area (Å²) in [6.45, 7) is 1.99. The number of hydrogen-bond donors (Lipinski definition) is 3. The van der Waals surface area contributed by atoms with Gasteiger partial charge >= 0.3 is 0 Å². The highest BCUT2D eigenvalue weighted by atomic mass is 16.3. The van der Waals surface area contributed by atoms with Gasteiger partial charge in [0.15, 0.2) is 0 Å². The van der Waals surface area contributed by atoms with Crippen LogP contribution in [0.3, 0.4) is 0 Å². The number of aromatic hydroxyl groups is 3. The second-order valence-corrected chi connectivity index (χ2v) is 4.93. The molecule has 0 aromatic heterocycles. The number of hydrogen-bond acceptors (Lipinski definition) is 3. The molecule has 3 N–H and O–H groups in total. The minimum absolute atomic E-state index is 0.257. The van der Waals surface area contributed by atoms with E-state index in [0.717, 1.165) is 11.1 Å². The number of benzene rings is 3. The van der Waals surface area contributed by atoms with Crippen molar-refractivity contribution in [3.63, 3.8) is 0 Å². The zero-order valence-electron chi connectivity index (χ0n) is 12.3. The predicted molar refractivity (Wildman–Crippen MR) is 88.1 cm³/mol. The second kappa shape index (κ2) is 7.18. The van der Waals surface area contributed by atoms with Gasteiger partial charge in [-0.3, -0.25) is 0 Å². The van der Waals surface area contributed by atoms with Crippen LogP contribution in [0, 0.1) is 6.92 Å². The number of aryl methyl sites for hydroxylation is 1. The van der Waals surface area contributed by atoms with Gasteiger partial charge in [0.25, 0.3) is 0 Å². The maximum Gasteiger partial charge on any atom is 0.115 e. The van der Waals surface area contributed by atoms with Crippen LogP contribution in [0.15, 0.2) is 72.8 Å². The lowest BCUT2D eigenvalue weighted by molar-refractivity contribution is 0.474. The third-order valence-electron chi connectivity index (χ3n) is 3.10. The van der Waals surface area contributed by atoms with Crippen LogP contribution >= 0.6 is 0 Å². The van der Waals surface area contributed by atoms with Crippen molar-refractivity contribution in [3.05, 3.63) is 78.4 Å². The molecule has 3 heteroatoms. The van der Waals surface area contributed by atoms with Gasteiger partial charge in [0.2, 0.25) is 0 Å². The zero-order valence-corrected chi connectivity index (χ0v) is 12.3. The Hall–Kier alpha value is -2.94. The molecule has 0 heterocycles. The predicted octanol–water partition coefficient (Wildman–Crippen LogP) is 4.47. The molecule has 0 bridgehead atoms. The third-order valence-corrected chi connectivity index (χ3v) is 3.10. The Labute approximate surface area is 129 Å². The van der Waals surface area contributed by atoms with E-state index in [9.17, 15) is 0 Å². The van der Waals surface area contributed by atoms with Crippen LogP contribution in [0.4, 0.5) is 0 Å². The quantitative estimate of drug-likeness (QED) is 0.620. The molecule has 0 saturated heterocycles. The van der Waals surface area contributed by atoms with Gasteiger partial charge in [-0.2, -0.15) is 0 Å². The molecule has 112 valence electrons. The van der Waals surface area contributed by atoms with Crippen molar-refractivity contribution in [2.45, 2.75) is 6.92 Å². The van der Waals surface area contributed by atoms with Crippen molar-refractivity contribution in [1.29, 1.82) is 0 Å². The molecule has 0 aliphatic carbocycles. The first kappa shape index (κ1) is 15.4. The van der Waals surface area contributed by atoms with Gasteiger partial charge in [-0.15, -0.1) is 0 Å². The Kier molecular flexibility index (Phi) is 5.04. The fourth-order valence-corrected chi connectivity index (χ4v) is 1.85. The van der Waals surface area contributed by atoms with Crippen LogP contribution in [-0.4, -0.2) is 15.3 Å². The molecule has 0 aliphatic rings. The number of phenols is 3. The first-order valence-electron chi connectivity index (χ1n) is 6.88. The van der Waals surface area contributed by atoms with E-state index in [1.807, 2.05) is 43.3 Å². The topological polar surface area (TPSA) is 60.7 Å². The largest absolute Gasteiger partial charge is 0.508 e. The van der Waals surface area contributed by atoms with Gasteiger partial charge in [-0.1, -0.05) is 42.0 Å². The van der Waals surface area contributed by atoms with Crippen molar-refractivity contribution in [2.75, 3.05) is 0 Å². The van der Waals surface area contributed by atoms with E-state index in [-0.39, 0.29) is 11.5 Å². The lowest BCUT2D eigenvalue weighted by Crippen LogP contribution is -1.75. The van der Waals surface area contributed by atoms with Crippen LogP contribution < -0.4 is 0 Å². The molecule has 3 aromatic rings. The second-order valence-electron chi connectivity index (χ2n) is 4.93. The van der Waals surface area contributed by atoms with Crippen molar-refractivity contribution in [3.8, 4) is 28.4 Å². The maximum atomic E-state index is 9.11. The molecule has 22 heavy (non-hydrogen) atoms.